The molecular weight excluding hydrogens is 238 g/mol. The number of rotatable bonds is 9. The maximum atomic E-state index is 10.8. The van der Waals surface area contributed by atoms with Crippen LogP contribution in [0.15, 0.2) is 24.1 Å². The van der Waals surface area contributed by atoms with E-state index in [9.17, 15) is 4.79 Å². The number of ether oxygens (including phenoxy) is 1. The van der Waals surface area contributed by atoms with Gasteiger partial charge in [-0.3, -0.25) is 0 Å². The van der Waals surface area contributed by atoms with Gasteiger partial charge in [0.15, 0.2) is 0 Å². The summed E-state index contributed by atoms with van der Waals surface area (Å²) in [7, 11) is 0. The first-order chi connectivity index (χ1) is 8.25. The zero-order valence-electron chi connectivity index (χ0n) is 9.65. The highest BCUT2D eigenvalue weighted by Crippen LogP contribution is 2.16. The molecule has 1 aromatic heterocycles. The molecule has 0 fully saturated rings. The lowest BCUT2D eigenvalue weighted by Crippen LogP contribution is -2.20. The van der Waals surface area contributed by atoms with Crippen LogP contribution in [-0.4, -0.2) is 30.8 Å². The zero-order chi connectivity index (χ0) is 12.5. The Bertz CT molecular complexity index is 362. The summed E-state index contributed by atoms with van der Waals surface area (Å²) in [6, 6.07) is 1.83. The van der Waals surface area contributed by atoms with Crippen LogP contribution in [0, 0.1) is 0 Å². The number of nitrogens with one attached hydrogen (secondary N) is 1. The van der Waals surface area contributed by atoms with Gasteiger partial charge in [-0.25, -0.2) is 4.79 Å². The number of hydrogen-bond acceptors (Lipinski definition) is 4. The fourth-order valence-electron chi connectivity index (χ4n) is 1.30. The molecule has 1 aromatic rings. The molecule has 0 saturated heterocycles. The summed E-state index contributed by atoms with van der Waals surface area (Å²) >= 11 is 1.25. The van der Waals surface area contributed by atoms with Crippen LogP contribution in [0.1, 0.15) is 21.7 Å². The van der Waals surface area contributed by atoms with Gasteiger partial charge in [0.1, 0.15) is 4.88 Å². The number of carboxylic acid groups (broad SMARTS) is 1. The SMILES string of the molecule is C=CCCOCCNCc1ccsc1C(=O)O. The Morgan fingerprint density at radius 2 is 2.41 bits per heavy atom. The van der Waals surface area contributed by atoms with Crippen molar-refractivity contribution in [2.45, 2.75) is 13.0 Å². The summed E-state index contributed by atoms with van der Waals surface area (Å²) in [6.45, 7) is 6.19. The van der Waals surface area contributed by atoms with Crippen LogP contribution in [0.5, 0.6) is 0 Å². The van der Waals surface area contributed by atoms with Gasteiger partial charge < -0.3 is 15.2 Å². The summed E-state index contributed by atoms with van der Waals surface area (Å²) in [6.07, 6.45) is 2.67. The summed E-state index contributed by atoms with van der Waals surface area (Å²) in [5, 5.41) is 13.8. The van der Waals surface area contributed by atoms with Crippen molar-refractivity contribution < 1.29 is 14.6 Å². The smallest absolute Gasteiger partial charge is 0.346 e. The highest BCUT2D eigenvalue weighted by molar-refractivity contribution is 7.12. The molecule has 0 unspecified atom stereocenters. The second kappa shape index (κ2) is 8.00. The topological polar surface area (TPSA) is 58.6 Å². The normalized spacial score (nSPS) is 10.4. The summed E-state index contributed by atoms with van der Waals surface area (Å²) in [5.74, 6) is -0.862. The molecule has 1 rings (SSSR count). The van der Waals surface area contributed by atoms with E-state index < -0.39 is 5.97 Å². The van der Waals surface area contributed by atoms with Crippen molar-refractivity contribution in [2.75, 3.05) is 19.8 Å². The Morgan fingerprint density at radius 1 is 1.59 bits per heavy atom. The second-order valence-corrected chi connectivity index (χ2v) is 4.36. The predicted octanol–water partition coefficient (Wildman–Crippen LogP) is 2.13. The van der Waals surface area contributed by atoms with Crippen LogP contribution in [0.4, 0.5) is 0 Å². The number of hydrogen-bond donors (Lipinski definition) is 2. The van der Waals surface area contributed by atoms with Crippen molar-refractivity contribution in [1.82, 2.24) is 5.32 Å². The highest BCUT2D eigenvalue weighted by atomic mass is 32.1. The van der Waals surface area contributed by atoms with E-state index in [-0.39, 0.29) is 0 Å². The Balaban J connectivity index is 2.15. The molecule has 0 aromatic carbocycles. The highest BCUT2D eigenvalue weighted by Gasteiger charge is 2.10. The van der Waals surface area contributed by atoms with Crippen LogP contribution >= 0.6 is 11.3 Å². The zero-order valence-corrected chi connectivity index (χ0v) is 10.5. The number of carbonyl (C=O) groups is 1. The summed E-state index contributed by atoms with van der Waals surface area (Å²) in [4.78, 5) is 11.2. The maximum Gasteiger partial charge on any atom is 0.346 e. The van der Waals surface area contributed by atoms with E-state index in [1.54, 1.807) is 5.38 Å². The third-order valence-corrected chi connectivity index (χ3v) is 3.09. The van der Waals surface area contributed by atoms with Crippen LogP contribution in [0.3, 0.4) is 0 Å². The van der Waals surface area contributed by atoms with Gasteiger partial charge in [-0.1, -0.05) is 6.08 Å². The first-order valence-electron chi connectivity index (χ1n) is 5.44. The predicted molar refractivity (Wildman–Crippen MR) is 68.6 cm³/mol. The van der Waals surface area contributed by atoms with Crippen LogP contribution in [0.25, 0.3) is 0 Å². The molecule has 17 heavy (non-hydrogen) atoms. The second-order valence-electron chi connectivity index (χ2n) is 3.45. The van der Waals surface area contributed by atoms with Gasteiger partial charge in [-0.2, -0.15) is 0 Å². The molecule has 0 aliphatic heterocycles. The quantitative estimate of drug-likeness (QED) is 0.524. The lowest BCUT2D eigenvalue weighted by atomic mass is 10.2. The number of thiophene rings is 1. The Hall–Kier alpha value is -1.17. The Morgan fingerprint density at radius 3 is 3.12 bits per heavy atom. The standard InChI is InChI=1S/C12H17NO3S/c1-2-3-6-16-7-5-13-9-10-4-8-17-11(10)12(14)15/h2,4,8,13H,1,3,5-7,9H2,(H,14,15). The van der Waals surface area contributed by atoms with Crippen molar-refractivity contribution in [3.63, 3.8) is 0 Å². The monoisotopic (exact) mass is 255 g/mol. The van der Waals surface area contributed by atoms with Gasteiger partial charge in [-0.05, 0) is 23.4 Å². The molecule has 0 spiro atoms. The van der Waals surface area contributed by atoms with Gasteiger partial charge in [0.05, 0.1) is 13.2 Å². The van der Waals surface area contributed by atoms with E-state index in [2.05, 4.69) is 11.9 Å². The molecule has 4 nitrogen and oxygen atoms in total. The first-order valence-corrected chi connectivity index (χ1v) is 6.32. The number of carboxylic acids is 1. The largest absolute Gasteiger partial charge is 0.477 e. The fourth-order valence-corrected chi connectivity index (χ4v) is 2.06. The first kappa shape index (κ1) is 13.9. The van der Waals surface area contributed by atoms with Crippen molar-refractivity contribution in [1.29, 1.82) is 0 Å². The Kier molecular flexibility index (Phi) is 6.54. The Labute approximate surface area is 105 Å². The lowest BCUT2D eigenvalue weighted by molar-refractivity contribution is 0.0701. The minimum Gasteiger partial charge on any atom is -0.477 e. The molecule has 5 heteroatoms. The molecule has 94 valence electrons. The third-order valence-electron chi connectivity index (χ3n) is 2.15. The third kappa shape index (κ3) is 5.12. The van der Waals surface area contributed by atoms with Crippen LogP contribution in [0.2, 0.25) is 0 Å². The van der Waals surface area contributed by atoms with E-state index in [4.69, 9.17) is 9.84 Å². The van der Waals surface area contributed by atoms with E-state index >= 15 is 0 Å². The average Bonchev–Trinajstić information content (AvgIpc) is 2.76. The maximum absolute atomic E-state index is 10.8. The molecule has 0 bridgehead atoms. The van der Waals surface area contributed by atoms with Crippen molar-refractivity contribution >= 4 is 17.3 Å². The van der Waals surface area contributed by atoms with Gasteiger partial charge in [0.25, 0.3) is 0 Å². The van der Waals surface area contributed by atoms with E-state index in [0.717, 1.165) is 12.0 Å². The molecule has 0 atom stereocenters. The summed E-state index contributed by atoms with van der Waals surface area (Å²) < 4.78 is 5.32. The lowest BCUT2D eigenvalue weighted by Gasteiger charge is -2.05. The minimum absolute atomic E-state index is 0.407. The fraction of sp³-hybridized carbons (Fsp3) is 0.417. The molecule has 1 heterocycles. The van der Waals surface area contributed by atoms with E-state index in [1.165, 1.54) is 11.3 Å². The minimum atomic E-state index is -0.862. The molecule has 0 aliphatic carbocycles. The van der Waals surface area contributed by atoms with E-state index in [0.29, 0.717) is 31.2 Å². The van der Waals surface area contributed by atoms with Crippen LogP contribution in [-0.2, 0) is 11.3 Å². The van der Waals surface area contributed by atoms with Crippen LogP contribution < -0.4 is 5.32 Å². The van der Waals surface area contributed by atoms with Gasteiger partial charge in [-0.15, -0.1) is 17.9 Å². The van der Waals surface area contributed by atoms with Gasteiger partial charge >= 0.3 is 5.97 Å². The molecule has 2 N–H and O–H groups in total. The van der Waals surface area contributed by atoms with Crippen molar-refractivity contribution in [2.24, 2.45) is 0 Å². The van der Waals surface area contributed by atoms with Gasteiger partial charge in [0, 0.05) is 13.1 Å². The van der Waals surface area contributed by atoms with Gasteiger partial charge in [0.2, 0.25) is 0 Å². The molecule has 0 saturated carbocycles. The van der Waals surface area contributed by atoms with E-state index in [1.807, 2.05) is 12.1 Å². The number of aromatic carboxylic acids is 1. The molecule has 0 radical (unpaired) electrons. The molecular formula is C12H17NO3S. The van der Waals surface area contributed by atoms with Crippen molar-refractivity contribution in [3.8, 4) is 0 Å². The van der Waals surface area contributed by atoms with Crippen molar-refractivity contribution in [3.05, 3.63) is 34.5 Å². The molecule has 0 aliphatic rings. The average molecular weight is 255 g/mol. The summed E-state index contributed by atoms with van der Waals surface area (Å²) in [5.41, 5.74) is 0.827. The molecule has 0 amide bonds.